The smallest absolute Gasteiger partial charge is 0.123 e. The number of hydrogen-bond donors (Lipinski definition) is 1. The molecule has 0 spiro atoms. The van der Waals surface area contributed by atoms with Crippen molar-refractivity contribution in [1.82, 2.24) is 5.32 Å². The molecule has 1 unspecified atom stereocenters. The molecule has 20 heavy (non-hydrogen) atoms. The summed E-state index contributed by atoms with van der Waals surface area (Å²) in [7, 11) is 0. The van der Waals surface area contributed by atoms with Gasteiger partial charge in [0.2, 0.25) is 0 Å². The molecule has 0 fully saturated rings. The van der Waals surface area contributed by atoms with Crippen LogP contribution in [0.15, 0.2) is 18.2 Å². The van der Waals surface area contributed by atoms with Crippen LogP contribution in [-0.2, 0) is 0 Å². The molecule has 0 aromatic heterocycles. The highest BCUT2D eigenvalue weighted by Gasteiger charge is 2.23. The molecule has 114 valence electrons. The van der Waals surface area contributed by atoms with E-state index >= 15 is 0 Å². The number of nitrogens with one attached hydrogen (secondary N) is 1. The Balaban J connectivity index is 3.04. The van der Waals surface area contributed by atoms with Crippen molar-refractivity contribution >= 4 is 0 Å². The standard InChI is InChI=1S/C18H30FN/c1-5-8-15(9-6-2)18(20-12-7-3)17-13-16(19)11-10-14(17)4/h10-11,13,15,18,20H,5-9,12H2,1-4H3. The van der Waals surface area contributed by atoms with E-state index in [0.29, 0.717) is 5.92 Å². The lowest BCUT2D eigenvalue weighted by Crippen LogP contribution is -2.30. The molecule has 1 nitrogen and oxygen atoms in total. The maximum Gasteiger partial charge on any atom is 0.123 e. The van der Waals surface area contributed by atoms with Crippen LogP contribution < -0.4 is 5.32 Å². The third kappa shape index (κ3) is 4.90. The molecule has 0 saturated heterocycles. The predicted octanol–water partition coefficient (Wildman–Crippen LogP) is 5.39. The highest BCUT2D eigenvalue weighted by molar-refractivity contribution is 5.30. The van der Waals surface area contributed by atoms with E-state index in [9.17, 15) is 4.39 Å². The van der Waals surface area contributed by atoms with Crippen LogP contribution in [0.3, 0.4) is 0 Å². The lowest BCUT2D eigenvalue weighted by Gasteiger charge is -2.29. The minimum atomic E-state index is -0.124. The summed E-state index contributed by atoms with van der Waals surface area (Å²) in [6, 6.07) is 5.47. The van der Waals surface area contributed by atoms with Crippen molar-refractivity contribution in [2.24, 2.45) is 5.92 Å². The lowest BCUT2D eigenvalue weighted by molar-refractivity contribution is 0.315. The van der Waals surface area contributed by atoms with E-state index in [4.69, 9.17) is 0 Å². The highest BCUT2D eigenvalue weighted by Crippen LogP contribution is 2.32. The predicted molar refractivity (Wildman–Crippen MR) is 85.5 cm³/mol. The molecule has 0 aliphatic rings. The van der Waals surface area contributed by atoms with E-state index in [1.807, 2.05) is 6.07 Å². The molecule has 2 heteroatoms. The largest absolute Gasteiger partial charge is 0.310 e. The Labute approximate surface area is 124 Å². The van der Waals surface area contributed by atoms with Gasteiger partial charge in [-0.25, -0.2) is 4.39 Å². The Bertz CT molecular complexity index is 383. The van der Waals surface area contributed by atoms with Crippen LogP contribution in [0.2, 0.25) is 0 Å². The SMILES string of the molecule is CCCNC(c1cc(F)ccc1C)C(CCC)CCC. The summed E-state index contributed by atoms with van der Waals surface area (Å²) in [6.45, 7) is 9.72. The Morgan fingerprint density at radius 3 is 2.25 bits per heavy atom. The van der Waals surface area contributed by atoms with Gasteiger partial charge in [0.25, 0.3) is 0 Å². The van der Waals surface area contributed by atoms with Crippen molar-refractivity contribution < 1.29 is 4.39 Å². The molecule has 1 aromatic rings. The number of hydrogen-bond acceptors (Lipinski definition) is 1. The molecule has 0 heterocycles. The zero-order chi connectivity index (χ0) is 15.0. The number of benzene rings is 1. The fourth-order valence-corrected chi connectivity index (χ4v) is 3.00. The molecule has 1 aromatic carbocycles. The summed E-state index contributed by atoms with van der Waals surface area (Å²) in [4.78, 5) is 0. The van der Waals surface area contributed by atoms with Crippen molar-refractivity contribution in [3.63, 3.8) is 0 Å². The van der Waals surface area contributed by atoms with Gasteiger partial charge in [-0.2, -0.15) is 0 Å². The zero-order valence-electron chi connectivity index (χ0n) is 13.5. The number of rotatable bonds is 9. The van der Waals surface area contributed by atoms with Gasteiger partial charge in [0.05, 0.1) is 0 Å². The lowest BCUT2D eigenvalue weighted by atomic mass is 9.84. The molecule has 0 bridgehead atoms. The molecule has 0 radical (unpaired) electrons. The third-order valence-electron chi connectivity index (χ3n) is 3.98. The summed E-state index contributed by atoms with van der Waals surface area (Å²) in [6.07, 6.45) is 5.87. The van der Waals surface area contributed by atoms with Gasteiger partial charge in [0.1, 0.15) is 5.82 Å². The maximum atomic E-state index is 13.6. The van der Waals surface area contributed by atoms with Gasteiger partial charge in [0.15, 0.2) is 0 Å². The Morgan fingerprint density at radius 2 is 1.70 bits per heavy atom. The van der Waals surface area contributed by atoms with Crippen molar-refractivity contribution in [2.45, 2.75) is 65.8 Å². The first-order chi connectivity index (χ1) is 9.63. The normalized spacial score (nSPS) is 12.9. The van der Waals surface area contributed by atoms with Gasteiger partial charge in [-0.05, 0) is 61.9 Å². The molecular formula is C18H30FN. The van der Waals surface area contributed by atoms with Crippen molar-refractivity contribution in [3.05, 3.63) is 35.1 Å². The average molecular weight is 279 g/mol. The molecular weight excluding hydrogens is 249 g/mol. The van der Waals surface area contributed by atoms with Gasteiger partial charge >= 0.3 is 0 Å². The average Bonchev–Trinajstić information content (AvgIpc) is 2.43. The molecule has 1 atom stereocenters. The van der Waals surface area contributed by atoms with Gasteiger partial charge in [0, 0.05) is 6.04 Å². The van der Waals surface area contributed by atoms with E-state index in [2.05, 4.69) is 33.0 Å². The van der Waals surface area contributed by atoms with Gasteiger partial charge in [-0.15, -0.1) is 0 Å². The minimum absolute atomic E-state index is 0.124. The van der Waals surface area contributed by atoms with E-state index in [-0.39, 0.29) is 11.9 Å². The van der Waals surface area contributed by atoms with Gasteiger partial charge < -0.3 is 5.32 Å². The Kier molecular flexibility index (Phi) is 7.83. The van der Waals surface area contributed by atoms with Gasteiger partial charge in [-0.3, -0.25) is 0 Å². The van der Waals surface area contributed by atoms with Crippen LogP contribution in [-0.4, -0.2) is 6.54 Å². The molecule has 0 aliphatic carbocycles. The van der Waals surface area contributed by atoms with Crippen LogP contribution in [0.1, 0.15) is 70.0 Å². The zero-order valence-corrected chi connectivity index (χ0v) is 13.5. The molecule has 0 saturated carbocycles. The molecule has 0 amide bonds. The summed E-state index contributed by atoms with van der Waals surface area (Å²) in [5.74, 6) is 0.470. The second-order valence-electron chi connectivity index (χ2n) is 5.77. The van der Waals surface area contributed by atoms with E-state index < -0.39 is 0 Å². The second-order valence-corrected chi connectivity index (χ2v) is 5.77. The van der Waals surface area contributed by atoms with Gasteiger partial charge in [-0.1, -0.05) is 39.7 Å². The van der Waals surface area contributed by atoms with Crippen molar-refractivity contribution in [3.8, 4) is 0 Å². The van der Waals surface area contributed by atoms with E-state index in [0.717, 1.165) is 18.5 Å². The molecule has 1 rings (SSSR count). The quantitative estimate of drug-likeness (QED) is 0.639. The Morgan fingerprint density at radius 1 is 1.05 bits per heavy atom. The maximum absolute atomic E-state index is 13.6. The molecule has 0 aliphatic heterocycles. The third-order valence-corrected chi connectivity index (χ3v) is 3.98. The van der Waals surface area contributed by atoms with Crippen molar-refractivity contribution in [2.75, 3.05) is 6.54 Å². The van der Waals surface area contributed by atoms with Crippen molar-refractivity contribution in [1.29, 1.82) is 0 Å². The summed E-state index contributed by atoms with van der Waals surface area (Å²) >= 11 is 0. The fraction of sp³-hybridized carbons (Fsp3) is 0.667. The molecule has 1 N–H and O–H groups in total. The first kappa shape index (κ1) is 17.2. The van der Waals surface area contributed by atoms with Crippen LogP contribution in [0.5, 0.6) is 0 Å². The van der Waals surface area contributed by atoms with Crippen LogP contribution in [0, 0.1) is 18.7 Å². The second kappa shape index (κ2) is 9.12. The van der Waals surface area contributed by atoms with E-state index in [1.54, 1.807) is 12.1 Å². The Hall–Kier alpha value is -0.890. The van der Waals surface area contributed by atoms with E-state index in [1.165, 1.54) is 31.2 Å². The topological polar surface area (TPSA) is 12.0 Å². The monoisotopic (exact) mass is 279 g/mol. The van der Waals surface area contributed by atoms with Crippen LogP contribution in [0.4, 0.5) is 4.39 Å². The first-order valence-electron chi connectivity index (χ1n) is 8.13. The van der Waals surface area contributed by atoms with Crippen LogP contribution in [0.25, 0.3) is 0 Å². The first-order valence-corrected chi connectivity index (χ1v) is 8.13. The summed E-state index contributed by atoms with van der Waals surface area (Å²) in [5.41, 5.74) is 2.34. The van der Waals surface area contributed by atoms with Crippen LogP contribution >= 0.6 is 0 Å². The fourth-order valence-electron chi connectivity index (χ4n) is 3.00. The number of halogens is 1. The summed E-state index contributed by atoms with van der Waals surface area (Å²) < 4.78 is 13.6. The summed E-state index contributed by atoms with van der Waals surface area (Å²) in [5, 5.41) is 3.66. The number of aryl methyl sites for hydroxylation is 1. The minimum Gasteiger partial charge on any atom is -0.310 e. The highest BCUT2D eigenvalue weighted by atomic mass is 19.1.